The van der Waals surface area contributed by atoms with Gasteiger partial charge in [0.2, 0.25) is 11.8 Å². The van der Waals surface area contributed by atoms with Gasteiger partial charge in [-0.05, 0) is 24.3 Å². The highest BCUT2D eigenvalue weighted by atomic mass is 32.1. The zero-order chi connectivity index (χ0) is 14.7. The van der Waals surface area contributed by atoms with E-state index < -0.39 is 0 Å². The zero-order valence-electron chi connectivity index (χ0n) is 11.3. The normalized spacial score (nSPS) is 13.9. The summed E-state index contributed by atoms with van der Waals surface area (Å²) in [7, 11) is 0. The summed E-state index contributed by atoms with van der Waals surface area (Å²) in [6.07, 6.45) is 2.30. The Bertz CT molecular complexity index is 632. The molecule has 0 radical (unpaired) electrons. The predicted octanol–water partition coefficient (Wildman–Crippen LogP) is 1.81. The van der Waals surface area contributed by atoms with Crippen LogP contribution in [0, 0.1) is 0 Å². The number of nitrogens with zero attached hydrogens (tertiary/aromatic N) is 1. The van der Waals surface area contributed by atoms with E-state index in [4.69, 9.17) is 0 Å². The van der Waals surface area contributed by atoms with Gasteiger partial charge in [-0.25, -0.2) is 4.98 Å². The molecule has 0 spiro atoms. The van der Waals surface area contributed by atoms with Crippen LogP contribution in [-0.2, 0) is 16.0 Å². The fourth-order valence-corrected chi connectivity index (χ4v) is 3.35. The topological polar surface area (TPSA) is 71.1 Å². The van der Waals surface area contributed by atoms with Crippen molar-refractivity contribution in [1.29, 1.82) is 0 Å². The van der Waals surface area contributed by atoms with E-state index in [-0.39, 0.29) is 24.8 Å². The lowest BCUT2D eigenvalue weighted by molar-refractivity contribution is -0.125. The number of hydrogen-bond donors (Lipinski definition) is 2. The van der Waals surface area contributed by atoms with Crippen molar-refractivity contribution in [2.75, 3.05) is 6.54 Å². The van der Waals surface area contributed by atoms with Crippen LogP contribution in [0.4, 0.5) is 0 Å². The largest absolute Gasteiger partial charge is 0.352 e. The Morgan fingerprint density at radius 2 is 2.14 bits per heavy atom. The van der Waals surface area contributed by atoms with E-state index in [9.17, 15) is 9.59 Å². The first kappa shape index (κ1) is 14.2. The van der Waals surface area contributed by atoms with E-state index in [0.29, 0.717) is 6.04 Å². The second kappa shape index (κ2) is 6.36. The highest BCUT2D eigenvalue weighted by molar-refractivity contribution is 7.14. The Kier molecular flexibility index (Phi) is 4.31. The van der Waals surface area contributed by atoms with E-state index in [0.717, 1.165) is 29.1 Å². The third kappa shape index (κ3) is 4.12. The average molecular weight is 321 g/mol. The van der Waals surface area contributed by atoms with Crippen molar-refractivity contribution in [3.8, 4) is 10.6 Å². The molecule has 1 fully saturated rings. The van der Waals surface area contributed by atoms with Crippen LogP contribution >= 0.6 is 22.7 Å². The van der Waals surface area contributed by atoms with Gasteiger partial charge < -0.3 is 10.6 Å². The second-order valence-corrected chi connectivity index (χ2v) is 6.59. The molecule has 1 saturated carbocycles. The fraction of sp³-hybridized carbons (Fsp3) is 0.357. The fourth-order valence-electron chi connectivity index (χ4n) is 1.82. The van der Waals surface area contributed by atoms with Crippen LogP contribution in [0.15, 0.2) is 22.2 Å². The van der Waals surface area contributed by atoms with E-state index >= 15 is 0 Å². The minimum Gasteiger partial charge on any atom is -0.352 e. The molecule has 0 aromatic carbocycles. The van der Waals surface area contributed by atoms with E-state index in [1.807, 2.05) is 22.2 Å². The standard InChI is InChI=1S/C14H15N3O2S2/c18-12(15-6-13(19)16-10-1-2-10)5-11-8-21-14(17-11)9-3-4-20-7-9/h3-4,7-8,10H,1-2,5-6H2,(H,15,18)(H,16,19). The average Bonchev–Trinajstić information content (AvgIpc) is 2.95. The van der Waals surface area contributed by atoms with E-state index in [1.54, 1.807) is 11.3 Å². The molecule has 2 N–H and O–H groups in total. The maximum atomic E-state index is 11.8. The maximum Gasteiger partial charge on any atom is 0.239 e. The quantitative estimate of drug-likeness (QED) is 0.852. The molecule has 2 amide bonds. The monoisotopic (exact) mass is 321 g/mol. The molecule has 7 heteroatoms. The zero-order valence-corrected chi connectivity index (χ0v) is 12.9. The molecule has 2 aromatic heterocycles. The van der Waals surface area contributed by atoms with E-state index in [2.05, 4.69) is 15.6 Å². The molecule has 3 rings (SSSR count). The van der Waals surface area contributed by atoms with Crippen molar-refractivity contribution >= 4 is 34.5 Å². The first-order chi connectivity index (χ1) is 10.2. The van der Waals surface area contributed by atoms with Crippen molar-refractivity contribution < 1.29 is 9.59 Å². The number of aromatic nitrogens is 1. The van der Waals surface area contributed by atoms with Crippen LogP contribution in [0.5, 0.6) is 0 Å². The molecule has 0 unspecified atom stereocenters. The molecule has 2 heterocycles. The molecule has 5 nitrogen and oxygen atoms in total. The van der Waals surface area contributed by atoms with E-state index in [1.165, 1.54) is 11.3 Å². The molecule has 1 aliphatic rings. The molecule has 0 atom stereocenters. The van der Waals surface area contributed by atoms with Crippen LogP contribution in [0.1, 0.15) is 18.5 Å². The van der Waals surface area contributed by atoms with Crippen LogP contribution < -0.4 is 10.6 Å². The van der Waals surface area contributed by atoms with Gasteiger partial charge in [-0.2, -0.15) is 11.3 Å². The van der Waals surface area contributed by atoms with Crippen LogP contribution in [0.2, 0.25) is 0 Å². The number of thiophene rings is 1. The van der Waals surface area contributed by atoms with Gasteiger partial charge >= 0.3 is 0 Å². The number of carbonyl (C=O) groups is 2. The summed E-state index contributed by atoms with van der Waals surface area (Å²) in [4.78, 5) is 27.7. The van der Waals surface area contributed by atoms with Crippen molar-refractivity contribution in [2.24, 2.45) is 0 Å². The number of amides is 2. The summed E-state index contributed by atoms with van der Waals surface area (Å²) in [5.41, 5.74) is 1.82. The molecular weight excluding hydrogens is 306 g/mol. The molecule has 1 aliphatic carbocycles. The molecule has 0 bridgehead atoms. The highest BCUT2D eigenvalue weighted by Gasteiger charge is 2.23. The van der Waals surface area contributed by atoms with Crippen molar-refractivity contribution in [2.45, 2.75) is 25.3 Å². The Hall–Kier alpha value is -1.73. The van der Waals surface area contributed by atoms with Crippen molar-refractivity contribution in [1.82, 2.24) is 15.6 Å². The van der Waals surface area contributed by atoms with Gasteiger partial charge in [0.25, 0.3) is 0 Å². The first-order valence-electron chi connectivity index (χ1n) is 6.74. The van der Waals surface area contributed by atoms with Gasteiger partial charge in [-0.3, -0.25) is 9.59 Å². The third-order valence-electron chi connectivity index (χ3n) is 3.05. The molecule has 110 valence electrons. The lowest BCUT2D eigenvalue weighted by atomic mass is 10.3. The van der Waals surface area contributed by atoms with Gasteiger partial charge in [0.05, 0.1) is 18.7 Å². The molecular formula is C14H15N3O2S2. The van der Waals surface area contributed by atoms with Gasteiger partial charge in [0.1, 0.15) is 5.01 Å². The molecule has 2 aromatic rings. The third-order valence-corrected chi connectivity index (χ3v) is 4.67. The minimum atomic E-state index is -0.178. The lowest BCUT2D eigenvalue weighted by Gasteiger charge is -2.04. The molecule has 21 heavy (non-hydrogen) atoms. The molecule has 0 saturated heterocycles. The molecule has 0 aliphatic heterocycles. The van der Waals surface area contributed by atoms with Crippen molar-refractivity contribution in [3.63, 3.8) is 0 Å². The number of thiazole rings is 1. The Balaban J connectivity index is 1.47. The number of carbonyl (C=O) groups excluding carboxylic acids is 2. The van der Waals surface area contributed by atoms with Gasteiger partial charge in [0, 0.05) is 22.4 Å². The van der Waals surface area contributed by atoms with Gasteiger partial charge in [0.15, 0.2) is 0 Å². The Labute approximate surface area is 130 Å². The minimum absolute atomic E-state index is 0.0385. The number of rotatable bonds is 6. The number of nitrogens with one attached hydrogen (secondary N) is 2. The number of hydrogen-bond acceptors (Lipinski definition) is 5. The smallest absolute Gasteiger partial charge is 0.239 e. The summed E-state index contributed by atoms with van der Waals surface area (Å²) < 4.78 is 0. The first-order valence-corrected chi connectivity index (χ1v) is 8.56. The summed E-state index contributed by atoms with van der Waals surface area (Å²) in [6, 6.07) is 2.33. The Morgan fingerprint density at radius 1 is 1.29 bits per heavy atom. The van der Waals surface area contributed by atoms with Gasteiger partial charge in [-0.15, -0.1) is 11.3 Å². The van der Waals surface area contributed by atoms with Crippen LogP contribution in [-0.4, -0.2) is 29.4 Å². The summed E-state index contributed by atoms with van der Waals surface area (Å²) >= 11 is 3.15. The summed E-state index contributed by atoms with van der Waals surface area (Å²) in [6.45, 7) is 0.0385. The Morgan fingerprint density at radius 3 is 2.86 bits per heavy atom. The lowest BCUT2D eigenvalue weighted by Crippen LogP contribution is -2.38. The van der Waals surface area contributed by atoms with Crippen LogP contribution in [0.3, 0.4) is 0 Å². The predicted molar refractivity (Wildman–Crippen MR) is 83.3 cm³/mol. The summed E-state index contributed by atoms with van der Waals surface area (Å²) in [5.74, 6) is -0.300. The maximum absolute atomic E-state index is 11.8. The van der Waals surface area contributed by atoms with Crippen molar-refractivity contribution in [3.05, 3.63) is 27.9 Å². The van der Waals surface area contributed by atoms with Crippen LogP contribution in [0.25, 0.3) is 10.6 Å². The highest BCUT2D eigenvalue weighted by Crippen LogP contribution is 2.25. The summed E-state index contributed by atoms with van der Waals surface area (Å²) in [5, 5.41) is 12.3. The second-order valence-electron chi connectivity index (χ2n) is 4.95. The SMILES string of the molecule is O=C(Cc1csc(-c2ccsc2)n1)NCC(=O)NC1CC1. The van der Waals surface area contributed by atoms with Gasteiger partial charge in [-0.1, -0.05) is 0 Å².